The van der Waals surface area contributed by atoms with Crippen LogP contribution in [0, 0.1) is 5.92 Å². The fourth-order valence-corrected chi connectivity index (χ4v) is 2.00. The predicted molar refractivity (Wildman–Crippen MR) is 60.7 cm³/mol. The van der Waals surface area contributed by atoms with Gasteiger partial charge in [-0.05, 0) is 19.3 Å². The van der Waals surface area contributed by atoms with E-state index in [0.717, 1.165) is 25.7 Å². The Balaban J connectivity index is 2.49. The van der Waals surface area contributed by atoms with Crippen molar-refractivity contribution in [2.75, 3.05) is 7.11 Å². The number of carbonyl (C=O) groups excluding carboxylic acids is 2. The summed E-state index contributed by atoms with van der Waals surface area (Å²) in [4.78, 5) is 23.2. The van der Waals surface area contributed by atoms with Crippen LogP contribution in [-0.2, 0) is 14.3 Å². The molecule has 1 fully saturated rings. The minimum Gasteiger partial charge on any atom is -0.467 e. The van der Waals surface area contributed by atoms with Crippen LogP contribution >= 0.6 is 0 Å². The third-order valence-electron chi connectivity index (χ3n) is 2.93. The highest BCUT2D eigenvalue weighted by atomic mass is 16.5. The second-order valence-corrected chi connectivity index (χ2v) is 4.09. The molecule has 0 spiro atoms. The average Bonchev–Trinajstić information content (AvgIpc) is 2.80. The molecule has 0 aromatic rings. The first-order valence-corrected chi connectivity index (χ1v) is 5.68. The van der Waals surface area contributed by atoms with E-state index in [0.29, 0.717) is 6.42 Å². The zero-order chi connectivity index (χ0) is 12.0. The molecule has 1 saturated carbocycles. The van der Waals surface area contributed by atoms with E-state index in [1.807, 2.05) is 0 Å². The van der Waals surface area contributed by atoms with Crippen LogP contribution in [0.15, 0.2) is 12.7 Å². The van der Waals surface area contributed by atoms with Gasteiger partial charge in [0.2, 0.25) is 5.91 Å². The molecule has 0 aromatic heterocycles. The number of ether oxygens (including phenoxy) is 1. The molecule has 4 heteroatoms. The van der Waals surface area contributed by atoms with Gasteiger partial charge in [0.05, 0.1) is 7.11 Å². The van der Waals surface area contributed by atoms with Crippen molar-refractivity contribution in [2.45, 2.75) is 38.1 Å². The van der Waals surface area contributed by atoms with E-state index in [-0.39, 0.29) is 11.8 Å². The quantitative estimate of drug-likeness (QED) is 0.568. The molecule has 1 amide bonds. The molecule has 0 heterocycles. The molecular formula is C12H19NO3. The summed E-state index contributed by atoms with van der Waals surface area (Å²) in [6.07, 6.45) is 6.06. The molecule has 1 aliphatic rings. The summed E-state index contributed by atoms with van der Waals surface area (Å²) in [5.74, 6) is -0.377. The van der Waals surface area contributed by atoms with Crippen LogP contribution in [0.4, 0.5) is 0 Å². The van der Waals surface area contributed by atoms with E-state index in [1.165, 1.54) is 7.11 Å². The maximum Gasteiger partial charge on any atom is 0.328 e. The third kappa shape index (κ3) is 3.36. The highest BCUT2D eigenvalue weighted by Gasteiger charge is 2.27. The van der Waals surface area contributed by atoms with Crippen LogP contribution in [-0.4, -0.2) is 25.0 Å². The minimum absolute atomic E-state index is 0.0326. The molecule has 0 radical (unpaired) electrons. The molecule has 4 nitrogen and oxygen atoms in total. The van der Waals surface area contributed by atoms with Crippen LogP contribution in [0.25, 0.3) is 0 Å². The van der Waals surface area contributed by atoms with E-state index in [4.69, 9.17) is 0 Å². The van der Waals surface area contributed by atoms with Gasteiger partial charge in [-0.1, -0.05) is 18.9 Å². The first-order valence-electron chi connectivity index (χ1n) is 5.68. The minimum atomic E-state index is -0.587. The largest absolute Gasteiger partial charge is 0.467 e. The van der Waals surface area contributed by atoms with E-state index in [1.54, 1.807) is 6.08 Å². The van der Waals surface area contributed by atoms with Crippen LogP contribution in [0.5, 0.6) is 0 Å². The van der Waals surface area contributed by atoms with E-state index in [2.05, 4.69) is 16.6 Å². The molecule has 1 rings (SSSR count). The van der Waals surface area contributed by atoms with E-state index < -0.39 is 12.0 Å². The molecule has 16 heavy (non-hydrogen) atoms. The lowest BCUT2D eigenvalue weighted by Gasteiger charge is -2.17. The second-order valence-electron chi connectivity index (χ2n) is 4.09. The fourth-order valence-electron chi connectivity index (χ4n) is 2.00. The molecule has 0 unspecified atom stereocenters. The Morgan fingerprint density at radius 2 is 2.12 bits per heavy atom. The van der Waals surface area contributed by atoms with Gasteiger partial charge < -0.3 is 10.1 Å². The number of rotatable bonds is 5. The number of amides is 1. The van der Waals surface area contributed by atoms with Crippen molar-refractivity contribution in [1.82, 2.24) is 5.32 Å². The van der Waals surface area contributed by atoms with Crippen LogP contribution in [0.3, 0.4) is 0 Å². The SMILES string of the molecule is C=CC[C@H](NC(=O)C1CCCC1)C(=O)OC. The summed E-state index contributed by atoms with van der Waals surface area (Å²) in [5.41, 5.74) is 0. The molecule has 0 saturated heterocycles. The molecule has 0 bridgehead atoms. The maximum atomic E-state index is 11.8. The van der Waals surface area contributed by atoms with Crippen molar-refractivity contribution in [3.8, 4) is 0 Å². The molecular weight excluding hydrogens is 206 g/mol. The Bertz CT molecular complexity index is 269. The Labute approximate surface area is 96.0 Å². The smallest absolute Gasteiger partial charge is 0.328 e. The zero-order valence-electron chi connectivity index (χ0n) is 9.70. The molecule has 90 valence electrons. The Kier molecular flexibility index (Phi) is 5.02. The number of methoxy groups -OCH3 is 1. The number of esters is 1. The van der Waals surface area contributed by atoms with Crippen molar-refractivity contribution < 1.29 is 14.3 Å². The fraction of sp³-hybridized carbons (Fsp3) is 0.667. The van der Waals surface area contributed by atoms with Gasteiger partial charge in [-0.2, -0.15) is 0 Å². The second kappa shape index (κ2) is 6.30. The standard InChI is InChI=1S/C12H19NO3/c1-3-6-10(12(15)16-2)13-11(14)9-7-4-5-8-9/h3,9-10H,1,4-8H2,2H3,(H,13,14)/t10-/m0/s1. The first-order chi connectivity index (χ1) is 7.69. The Morgan fingerprint density at radius 3 is 2.62 bits per heavy atom. The third-order valence-corrected chi connectivity index (χ3v) is 2.93. The summed E-state index contributed by atoms with van der Waals surface area (Å²) in [5, 5.41) is 2.73. The maximum absolute atomic E-state index is 11.8. The molecule has 0 aliphatic heterocycles. The molecule has 0 aromatic carbocycles. The van der Waals surface area contributed by atoms with Gasteiger partial charge >= 0.3 is 5.97 Å². The van der Waals surface area contributed by atoms with Gasteiger partial charge in [-0.3, -0.25) is 4.79 Å². The van der Waals surface area contributed by atoms with Gasteiger partial charge in [0, 0.05) is 5.92 Å². The lowest BCUT2D eigenvalue weighted by Crippen LogP contribution is -2.43. The lowest BCUT2D eigenvalue weighted by atomic mass is 10.1. The number of hydrogen-bond donors (Lipinski definition) is 1. The molecule has 1 N–H and O–H groups in total. The highest BCUT2D eigenvalue weighted by molar-refractivity contribution is 5.85. The molecule has 1 aliphatic carbocycles. The summed E-state index contributed by atoms with van der Waals surface area (Å²) in [6.45, 7) is 3.56. The van der Waals surface area contributed by atoms with Crippen LogP contribution in [0.2, 0.25) is 0 Å². The van der Waals surface area contributed by atoms with Crippen molar-refractivity contribution in [3.63, 3.8) is 0 Å². The number of hydrogen-bond acceptors (Lipinski definition) is 3. The van der Waals surface area contributed by atoms with Gasteiger partial charge in [-0.15, -0.1) is 6.58 Å². The summed E-state index contributed by atoms with van der Waals surface area (Å²) in [6, 6.07) is -0.587. The van der Waals surface area contributed by atoms with Gasteiger partial charge in [0.1, 0.15) is 6.04 Å². The lowest BCUT2D eigenvalue weighted by molar-refractivity contribution is -0.145. The summed E-state index contributed by atoms with van der Waals surface area (Å²) >= 11 is 0. The van der Waals surface area contributed by atoms with Gasteiger partial charge in [0.25, 0.3) is 0 Å². The van der Waals surface area contributed by atoms with Crippen LogP contribution in [0.1, 0.15) is 32.1 Å². The van der Waals surface area contributed by atoms with Gasteiger partial charge in [0.15, 0.2) is 0 Å². The van der Waals surface area contributed by atoms with Crippen LogP contribution < -0.4 is 5.32 Å². The van der Waals surface area contributed by atoms with Gasteiger partial charge in [-0.25, -0.2) is 4.79 Å². The average molecular weight is 225 g/mol. The predicted octanol–water partition coefficient (Wildman–Crippen LogP) is 1.41. The van der Waals surface area contributed by atoms with E-state index in [9.17, 15) is 9.59 Å². The molecule has 1 atom stereocenters. The normalized spacial score (nSPS) is 17.8. The number of nitrogens with one attached hydrogen (secondary N) is 1. The van der Waals surface area contributed by atoms with Crippen molar-refractivity contribution in [2.24, 2.45) is 5.92 Å². The van der Waals surface area contributed by atoms with Crippen molar-refractivity contribution >= 4 is 11.9 Å². The van der Waals surface area contributed by atoms with E-state index >= 15 is 0 Å². The zero-order valence-corrected chi connectivity index (χ0v) is 9.70. The summed E-state index contributed by atoms with van der Waals surface area (Å²) < 4.78 is 4.63. The van der Waals surface area contributed by atoms with Crippen molar-refractivity contribution in [1.29, 1.82) is 0 Å². The summed E-state index contributed by atoms with van der Waals surface area (Å²) in [7, 11) is 1.32. The number of carbonyl (C=O) groups is 2. The Hall–Kier alpha value is -1.32. The Morgan fingerprint density at radius 1 is 1.50 bits per heavy atom. The highest BCUT2D eigenvalue weighted by Crippen LogP contribution is 2.24. The topological polar surface area (TPSA) is 55.4 Å². The van der Waals surface area contributed by atoms with Crippen molar-refractivity contribution in [3.05, 3.63) is 12.7 Å². The first kappa shape index (κ1) is 12.7. The monoisotopic (exact) mass is 225 g/mol.